The van der Waals surface area contributed by atoms with Crippen molar-refractivity contribution in [3.63, 3.8) is 0 Å². The number of piperazine rings is 1. The molecule has 7 heteroatoms. The number of carbonyl (C=O) groups is 1. The Bertz CT molecular complexity index is 619. The lowest BCUT2D eigenvalue weighted by atomic mass is 10.1. The number of aryl methyl sites for hydroxylation is 1. The summed E-state index contributed by atoms with van der Waals surface area (Å²) >= 11 is 0. The van der Waals surface area contributed by atoms with Crippen LogP contribution in [0.5, 0.6) is 0 Å². The van der Waals surface area contributed by atoms with Crippen molar-refractivity contribution in [1.29, 1.82) is 0 Å². The van der Waals surface area contributed by atoms with Gasteiger partial charge in [0.25, 0.3) is 0 Å². The van der Waals surface area contributed by atoms with Gasteiger partial charge in [-0.25, -0.2) is 13.2 Å². The summed E-state index contributed by atoms with van der Waals surface area (Å²) in [6, 6.07) is 5.19. The van der Waals surface area contributed by atoms with Gasteiger partial charge in [0.05, 0.1) is 17.5 Å². The van der Waals surface area contributed by atoms with E-state index in [2.05, 4.69) is 0 Å². The predicted molar refractivity (Wildman–Crippen MR) is 76.8 cm³/mol. The van der Waals surface area contributed by atoms with Crippen molar-refractivity contribution in [2.24, 2.45) is 0 Å². The van der Waals surface area contributed by atoms with E-state index in [1.807, 2.05) is 17.9 Å². The molecule has 20 heavy (non-hydrogen) atoms. The van der Waals surface area contributed by atoms with Crippen molar-refractivity contribution in [2.45, 2.75) is 6.92 Å². The Morgan fingerprint density at radius 3 is 2.30 bits per heavy atom. The summed E-state index contributed by atoms with van der Waals surface area (Å²) in [6.45, 7) is 3.66. The number of rotatable bonds is 3. The van der Waals surface area contributed by atoms with Crippen molar-refractivity contribution in [2.75, 3.05) is 37.3 Å². The topological polar surface area (TPSA) is 77.9 Å². The van der Waals surface area contributed by atoms with Crippen LogP contribution in [-0.4, -0.2) is 56.2 Å². The summed E-state index contributed by atoms with van der Waals surface area (Å²) in [4.78, 5) is 13.2. The van der Waals surface area contributed by atoms with Crippen LogP contribution in [0.25, 0.3) is 0 Å². The van der Waals surface area contributed by atoms with Crippen LogP contribution in [-0.2, 0) is 10.0 Å². The van der Waals surface area contributed by atoms with Crippen molar-refractivity contribution in [1.82, 2.24) is 4.31 Å². The van der Waals surface area contributed by atoms with E-state index in [4.69, 9.17) is 0 Å². The van der Waals surface area contributed by atoms with Gasteiger partial charge >= 0.3 is 5.97 Å². The summed E-state index contributed by atoms with van der Waals surface area (Å²) in [7, 11) is -3.18. The molecule has 0 atom stereocenters. The van der Waals surface area contributed by atoms with Gasteiger partial charge < -0.3 is 10.0 Å². The van der Waals surface area contributed by atoms with Gasteiger partial charge in [-0.15, -0.1) is 0 Å². The molecule has 1 heterocycles. The molecule has 0 bridgehead atoms. The van der Waals surface area contributed by atoms with E-state index in [0.717, 1.165) is 5.56 Å². The first-order valence-corrected chi connectivity index (χ1v) is 8.18. The Morgan fingerprint density at radius 2 is 1.80 bits per heavy atom. The third-order valence-electron chi connectivity index (χ3n) is 3.43. The van der Waals surface area contributed by atoms with Crippen LogP contribution in [0.15, 0.2) is 18.2 Å². The number of sulfonamides is 1. The Kier molecular flexibility index (Phi) is 4.01. The van der Waals surface area contributed by atoms with Gasteiger partial charge in [-0.2, -0.15) is 4.31 Å². The lowest BCUT2D eigenvalue weighted by Crippen LogP contribution is -2.48. The van der Waals surface area contributed by atoms with Crippen LogP contribution >= 0.6 is 0 Å². The summed E-state index contributed by atoms with van der Waals surface area (Å²) in [5.74, 6) is -0.967. The van der Waals surface area contributed by atoms with Crippen molar-refractivity contribution >= 4 is 21.7 Å². The van der Waals surface area contributed by atoms with Crippen LogP contribution in [0, 0.1) is 6.92 Å². The predicted octanol–water partition coefficient (Wildman–Crippen LogP) is 0.775. The highest BCUT2D eigenvalue weighted by molar-refractivity contribution is 7.88. The van der Waals surface area contributed by atoms with Gasteiger partial charge in [-0.3, -0.25) is 0 Å². The summed E-state index contributed by atoms with van der Waals surface area (Å²) in [5.41, 5.74) is 1.89. The number of carboxylic acids is 1. The zero-order valence-electron chi connectivity index (χ0n) is 11.5. The summed E-state index contributed by atoms with van der Waals surface area (Å²) in [5, 5.41) is 9.24. The molecule has 1 saturated heterocycles. The minimum Gasteiger partial charge on any atom is -0.478 e. The van der Waals surface area contributed by atoms with E-state index < -0.39 is 16.0 Å². The second kappa shape index (κ2) is 5.41. The molecule has 2 rings (SSSR count). The molecule has 1 N–H and O–H groups in total. The standard InChI is InChI=1S/C13H18N2O4S/c1-10-3-4-11(13(16)17)12(9-10)14-5-7-15(8-6-14)20(2,18)19/h3-4,9H,5-8H2,1-2H3,(H,16,17). The highest BCUT2D eigenvalue weighted by atomic mass is 32.2. The Hall–Kier alpha value is -1.60. The number of aromatic carboxylic acids is 1. The largest absolute Gasteiger partial charge is 0.478 e. The van der Waals surface area contributed by atoms with Gasteiger partial charge in [-0.05, 0) is 24.6 Å². The van der Waals surface area contributed by atoms with Gasteiger partial charge in [0.15, 0.2) is 0 Å². The third-order valence-corrected chi connectivity index (χ3v) is 4.74. The molecule has 1 aromatic rings. The third kappa shape index (κ3) is 3.10. The van der Waals surface area contributed by atoms with Crippen LogP contribution in [0.2, 0.25) is 0 Å². The normalized spacial score (nSPS) is 17.2. The molecule has 0 spiro atoms. The molecular weight excluding hydrogens is 280 g/mol. The van der Waals surface area contributed by atoms with Crippen molar-refractivity contribution < 1.29 is 18.3 Å². The number of anilines is 1. The van der Waals surface area contributed by atoms with E-state index in [-0.39, 0.29) is 5.56 Å². The maximum Gasteiger partial charge on any atom is 0.337 e. The van der Waals surface area contributed by atoms with Gasteiger partial charge in [0.2, 0.25) is 10.0 Å². The fraction of sp³-hybridized carbons (Fsp3) is 0.462. The summed E-state index contributed by atoms with van der Waals surface area (Å²) < 4.78 is 24.4. The average Bonchev–Trinajstić information content (AvgIpc) is 2.37. The molecule has 0 saturated carbocycles. The van der Waals surface area contributed by atoms with Gasteiger partial charge in [0, 0.05) is 26.2 Å². The molecule has 1 aliphatic heterocycles. The highest BCUT2D eigenvalue weighted by Crippen LogP contribution is 2.24. The molecule has 1 aromatic carbocycles. The van der Waals surface area contributed by atoms with E-state index in [0.29, 0.717) is 31.9 Å². The molecule has 6 nitrogen and oxygen atoms in total. The number of benzene rings is 1. The maximum atomic E-state index is 11.5. The average molecular weight is 298 g/mol. The minimum absolute atomic E-state index is 0.253. The Balaban J connectivity index is 2.22. The second-order valence-electron chi connectivity index (χ2n) is 4.97. The number of nitrogens with zero attached hydrogens (tertiary/aromatic N) is 2. The number of hydrogen-bond acceptors (Lipinski definition) is 4. The first-order valence-electron chi connectivity index (χ1n) is 6.33. The van der Waals surface area contributed by atoms with Gasteiger partial charge in [-0.1, -0.05) is 6.07 Å². The molecule has 0 aromatic heterocycles. The minimum atomic E-state index is -3.18. The molecule has 1 fully saturated rings. The molecule has 0 aliphatic carbocycles. The van der Waals surface area contributed by atoms with E-state index in [9.17, 15) is 18.3 Å². The van der Waals surface area contributed by atoms with Gasteiger partial charge in [0.1, 0.15) is 0 Å². The zero-order valence-corrected chi connectivity index (χ0v) is 12.4. The molecular formula is C13H18N2O4S. The Labute approximate surface area is 118 Å². The van der Waals surface area contributed by atoms with Crippen LogP contribution in [0.4, 0.5) is 5.69 Å². The molecule has 110 valence electrons. The van der Waals surface area contributed by atoms with Crippen LogP contribution < -0.4 is 4.90 Å². The highest BCUT2D eigenvalue weighted by Gasteiger charge is 2.25. The fourth-order valence-corrected chi connectivity index (χ4v) is 3.17. The zero-order chi connectivity index (χ0) is 14.9. The first kappa shape index (κ1) is 14.8. The molecule has 0 radical (unpaired) electrons. The van der Waals surface area contributed by atoms with Crippen LogP contribution in [0.1, 0.15) is 15.9 Å². The lowest BCUT2D eigenvalue weighted by molar-refractivity contribution is 0.0697. The number of hydrogen-bond donors (Lipinski definition) is 1. The first-order chi connectivity index (χ1) is 9.29. The van der Waals surface area contributed by atoms with E-state index in [1.165, 1.54) is 10.6 Å². The van der Waals surface area contributed by atoms with E-state index >= 15 is 0 Å². The quantitative estimate of drug-likeness (QED) is 0.892. The molecule has 0 amide bonds. The van der Waals surface area contributed by atoms with Crippen LogP contribution in [0.3, 0.4) is 0 Å². The van der Waals surface area contributed by atoms with E-state index in [1.54, 1.807) is 12.1 Å². The fourth-order valence-electron chi connectivity index (χ4n) is 2.34. The molecule has 1 aliphatic rings. The van der Waals surface area contributed by atoms with Crippen molar-refractivity contribution in [3.8, 4) is 0 Å². The lowest BCUT2D eigenvalue weighted by Gasteiger charge is -2.35. The molecule has 0 unspecified atom stereocenters. The second-order valence-corrected chi connectivity index (χ2v) is 6.96. The summed E-state index contributed by atoms with van der Waals surface area (Å²) in [6.07, 6.45) is 1.19. The SMILES string of the molecule is Cc1ccc(C(=O)O)c(N2CCN(S(C)(=O)=O)CC2)c1. The monoisotopic (exact) mass is 298 g/mol. The van der Waals surface area contributed by atoms with Crippen molar-refractivity contribution in [3.05, 3.63) is 29.3 Å². The number of carboxylic acid groups (broad SMARTS) is 1. The Morgan fingerprint density at radius 1 is 1.20 bits per heavy atom. The maximum absolute atomic E-state index is 11.5. The smallest absolute Gasteiger partial charge is 0.337 e.